The number of aromatic nitrogens is 2. The maximum absolute atomic E-state index is 12.2. The highest BCUT2D eigenvalue weighted by molar-refractivity contribution is 9.10. The predicted octanol–water partition coefficient (Wildman–Crippen LogP) is 3.57. The van der Waals surface area contributed by atoms with E-state index in [2.05, 4.69) is 20.9 Å². The number of unbranched alkanes of at least 4 members (excludes halogenated alkanes) is 2. The number of alkyl halides is 1. The van der Waals surface area contributed by atoms with Crippen molar-refractivity contribution >= 4 is 38.4 Å². The normalized spacial score (nSPS) is 11.0. The second kappa shape index (κ2) is 6.34. The van der Waals surface area contributed by atoms with Gasteiger partial charge in [-0.15, -0.1) is 11.6 Å². The number of rotatable bonds is 5. The van der Waals surface area contributed by atoms with Gasteiger partial charge < -0.3 is 0 Å². The van der Waals surface area contributed by atoms with Crippen LogP contribution in [0.3, 0.4) is 0 Å². The first kappa shape index (κ1) is 13.6. The van der Waals surface area contributed by atoms with Crippen LogP contribution in [0, 0.1) is 0 Å². The van der Waals surface area contributed by atoms with Gasteiger partial charge in [-0.05, 0) is 31.0 Å². The molecule has 0 aliphatic heterocycles. The number of fused-ring (bicyclic) bond motifs is 1. The summed E-state index contributed by atoms with van der Waals surface area (Å²) in [7, 11) is 0. The molecular weight excluding hydrogens is 316 g/mol. The Morgan fingerprint density at radius 2 is 2.11 bits per heavy atom. The molecular formula is C13H14BrClN2O. The smallest absolute Gasteiger partial charge is 0.261 e. The third-order valence-electron chi connectivity index (χ3n) is 2.82. The highest BCUT2D eigenvalue weighted by Crippen LogP contribution is 2.14. The van der Waals surface area contributed by atoms with Crippen LogP contribution in [0.2, 0.25) is 0 Å². The van der Waals surface area contributed by atoms with Gasteiger partial charge in [-0.25, -0.2) is 4.98 Å². The molecule has 96 valence electrons. The fourth-order valence-electron chi connectivity index (χ4n) is 1.84. The van der Waals surface area contributed by atoms with Gasteiger partial charge in [0.2, 0.25) is 0 Å². The van der Waals surface area contributed by atoms with Crippen LogP contribution in [-0.4, -0.2) is 15.4 Å². The summed E-state index contributed by atoms with van der Waals surface area (Å²) in [5.41, 5.74) is 0.757. The highest BCUT2D eigenvalue weighted by Gasteiger charge is 2.04. The van der Waals surface area contributed by atoms with E-state index in [1.807, 2.05) is 18.2 Å². The lowest BCUT2D eigenvalue weighted by Crippen LogP contribution is -2.20. The van der Waals surface area contributed by atoms with Gasteiger partial charge >= 0.3 is 0 Å². The van der Waals surface area contributed by atoms with E-state index in [0.29, 0.717) is 17.8 Å². The van der Waals surface area contributed by atoms with E-state index in [1.54, 1.807) is 10.9 Å². The second-order valence-electron chi connectivity index (χ2n) is 4.15. The number of hydrogen-bond donors (Lipinski definition) is 0. The Hall–Kier alpha value is -0.870. The largest absolute Gasteiger partial charge is 0.299 e. The van der Waals surface area contributed by atoms with Gasteiger partial charge in [0.05, 0.1) is 17.2 Å². The first-order valence-corrected chi connectivity index (χ1v) is 7.26. The van der Waals surface area contributed by atoms with Crippen LogP contribution in [0.4, 0.5) is 0 Å². The van der Waals surface area contributed by atoms with E-state index in [9.17, 15) is 4.79 Å². The van der Waals surface area contributed by atoms with Gasteiger partial charge in [-0.3, -0.25) is 9.36 Å². The molecule has 0 atom stereocenters. The molecule has 0 radical (unpaired) electrons. The number of hydrogen-bond acceptors (Lipinski definition) is 2. The minimum absolute atomic E-state index is 0.0205. The zero-order chi connectivity index (χ0) is 13.0. The van der Waals surface area contributed by atoms with E-state index in [1.165, 1.54) is 0 Å². The number of aryl methyl sites for hydroxylation is 1. The van der Waals surface area contributed by atoms with Crippen LogP contribution in [0.1, 0.15) is 19.3 Å². The van der Waals surface area contributed by atoms with Crippen molar-refractivity contribution in [1.82, 2.24) is 9.55 Å². The fraction of sp³-hybridized carbons (Fsp3) is 0.385. The molecule has 2 rings (SSSR count). The van der Waals surface area contributed by atoms with Crippen LogP contribution < -0.4 is 5.56 Å². The molecule has 0 spiro atoms. The van der Waals surface area contributed by atoms with Crippen molar-refractivity contribution in [1.29, 1.82) is 0 Å². The van der Waals surface area contributed by atoms with Crippen LogP contribution in [0.25, 0.3) is 10.9 Å². The maximum atomic E-state index is 12.2. The summed E-state index contributed by atoms with van der Waals surface area (Å²) in [5.74, 6) is 0.678. The minimum atomic E-state index is 0.0205. The molecule has 1 aromatic carbocycles. The zero-order valence-electron chi connectivity index (χ0n) is 9.90. The van der Waals surface area contributed by atoms with Gasteiger partial charge in [-0.1, -0.05) is 22.4 Å². The van der Waals surface area contributed by atoms with Gasteiger partial charge in [0.1, 0.15) is 0 Å². The maximum Gasteiger partial charge on any atom is 0.261 e. The van der Waals surface area contributed by atoms with Crippen molar-refractivity contribution in [2.24, 2.45) is 0 Å². The van der Waals surface area contributed by atoms with Crippen LogP contribution in [0.15, 0.2) is 33.8 Å². The monoisotopic (exact) mass is 328 g/mol. The first-order valence-electron chi connectivity index (χ1n) is 5.93. The fourth-order valence-corrected chi connectivity index (χ4v) is 2.39. The highest BCUT2D eigenvalue weighted by atomic mass is 79.9. The average molecular weight is 330 g/mol. The van der Waals surface area contributed by atoms with Crippen LogP contribution in [0.5, 0.6) is 0 Å². The third kappa shape index (κ3) is 3.12. The third-order valence-corrected chi connectivity index (χ3v) is 3.58. The van der Waals surface area contributed by atoms with Gasteiger partial charge in [0.25, 0.3) is 5.56 Å². The molecule has 0 saturated carbocycles. The quantitative estimate of drug-likeness (QED) is 0.621. The molecule has 3 nitrogen and oxygen atoms in total. The van der Waals surface area contributed by atoms with E-state index in [-0.39, 0.29) is 5.56 Å². The summed E-state index contributed by atoms with van der Waals surface area (Å²) >= 11 is 9.00. The summed E-state index contributed by atoms with van der Waals surface area (Å²) < 4.78 is 2.57. The average Bonchev–Trinajstić information content (AvgIpc) is 2.38. The number of benzene rings is 1. The SMILES string of the molecule is O=c1c2cc(Br)ccc2ncn1CCCCCCl. The van der Waals surface area contributed by atoms with E-state index in [0.717, 1.165) is 29.3 Å². The van der Waals surface area contributed by atoms with Gasteiger partial charge in [-0.2, -0.15) is 0 Å². The molecule has 2 aromatic rings. The topological polar surface area (TPSA) is 34.9 Å². The molecule has 18 heavy (non-hydrogen) atoms. The predicted molar refractivity (Wildman–Crippen MR) is 78.3 cm³/mol. The summed E-state index contributed by atoms with van der Waals surface area (Å²) in [6.45, 7) is 0.700. The Balaban J connectivity index is 2.24. The van der Waals surface area contributed by atoms with Crippen molar-refractivity contribution in [2.75, 3.05) is 5.88 Å². The molecule has 0 bridgehead atoms. The zero-order valence-corrected chi connectivity index (χ0v) is 12.2. The molecule has 0 amide bonds. The molecule has 0 unspecified atom stereocenters. The molecule has 0 aliphatic rings. The van der Waals surface area contributed by atoms with Crippen molar-refractivity contribution in [2.45, 2.75) is 25.8 Å². The standard InChI is InChI=1S/C13H14BrClN2O/c14-10-4-5-12-11(8-10)13(18)17(9-16-12)7-3-1-2-6-15/h4-5,8-9H,1-3,6-7H2. The Bertz CT molecular complexity index is 597. The molecule has 0 saturated heterocycles. The summed E-state index contributed by atoms with van der Waals surface area (Å²) in [4.78, 5) is 16.5. The van der Waals surface area contributed by atoms with Crippen molar-refractivity contribution in [3.63, 3.8) is 0 Å². The van der Waals surface area contributed by atoms with Gasteiger partial charge in [0, 0.05) is 16.9 Å². The van der Waals surface area contributed by atoms with Crippen molar-refractivity contribution in [3.8, 4) is 0 Å². The molecule has 5 heteroatoms. The molecule has 0 N–H and O–H groups in total. The molecule has 1 aromatic heterocycles. The van der Waals surface area contributed by atoms with Crippen molar-refractivity contribution in [3.05, 3.63) is 39.4 Å². The lowest BCUT2D eigenvalue weighted by Gasteiger charge is -2.06. The number of halogens is 2. The number of nitrogens with zero attached hydrogens (tertiary/aromatic N) is 2. The van der Waals surface area contributed by atoms with Crippen LogP contribution >= 0.6 is 27.5 Å². The Morgan fingerprint density at radius 3 is 2.89 bits per heavy atom. The Morgan fingerprint density at radius 1 is 1.28 bits per heavy atom. The van der Waals surface area contributed by atoms with E-state index in [4.69, 9.17) is 11.6 Å². The first-order chi connectivity index (χ1) is 8.72. The van der Waals surface area contributed by atoms with Crippen molar-refractivity contribution < 1.29 is 0 Å². The van der Waals surface area contributed by atoms with E-state index < -0.39 is 0 Å². The molecule has 1 heterocycles. The Kier molecular flexibility index (Phi) is 4.78. The molecule has 0 fully saturated rings. The lowest BCUT2D eigenvalue weighted by atomic mass is 10.2. The lowest BCUT2D eigenvalue weighted by molar-refractivity contribution is 0.585. The molecule has 0 aliphatic carbocycles. The van der Waals surface area contributed by atoms with Gasteiger partial charge in [0.15, 0.2) is 0 Å². The summed E-state index contributed by atoms with van der Waals surface area (Å²) in [6, 6.07) is 5.55. The second-order valence-corrected chi connectivity index (χ2v) is 5.45. The van der Waals surface area contributed by atoms with Crippen LogP contribution in [-0.2, 0) is 6.54 Å². The summed E-state index contributed by atoms with van der Waals surface area (Å²) in [6.07, 6.45) is 4.60. The Labute approximate surface area is 119 Å². The van der Waals surface area contributed by atoms with E-state index >= 15 is 0 Å². The summed E-state index contributed by atoms with van der Waals surface area (Å²) in [5, 5.41) is 0.657. The minimum Gasteiger partial charge on any atom is -0.299 e.